The summed E-state index contributed by atoms with van der Waals surface area (Å²) >= 11 is 0. The number of ether oxygens (including phenoxy) is 1. The number of rotatable bonds is 1. The highest BCUT2D eigenvalue weighted by atomic mass is 16.5. The van der Waals surface area contributed by atoms with E-state index in [1.807, 2.05) is 6.07 Å². The Morgan fingerprint density at radius 2 is 2.25 bits per heavy atom. The van der Waals surface area contributed by atoms with Crippen molar-refractivity contribution in [2.45, 2.75) is 13.3 Å². The van der Waals surface area contributed by atoms with Gasteiger partial charge in [0.2, 0.25) is 0 Å². The van der Waals surface area contributed by atoms with Crippen LogP contribution in [0.3, 0.4) is 0 Å². The summed E-state index contributed by atoms with van der Waals surface area (Å²) in [4.78, 5) is 0. The molecule has 1 N–H and O–H groups in total. The summed E-state index contributed by atoms with van der Waals surface area (Å²) in [7, 11) is 1.73. The van der Waals surface area contributed by atoms with E-state index >= 15 is 0 Å². The van der Waals surface area contributed by atoms with E-state index in [1.165, 1.54) is 16.8 Å². The van der Waals surface area contributed by atoms with Crippen LogP contribution >= 0.6 is 0 Å². The summed E-state index contributed by atoms with van der Waals surface area (Å²) in [6.07, 6.45) is 1.08. The first-order chi connectivity index (χ1) is 5.83. The monoisotopic (exact) mass is 163 g/mol. The van der Waals surface area contributed by atoms with Gasteiger partial charge in [-0.1, -0.05) is 6.07 Å². The van der Waals surface area contributed by atoms with Crippen LogP contribution in [-0.2, 0) is 6.42 Å². The minimum absolute atomic E-state index is 1.01. The highest BCUT2D eigenvalue weighted by molar-refractivity contribution is 5.65. The fourth-order valence-corrected chi connectivity index (χ4v) is 1.74. The van der Waals surface area contributed by atoms with Gasteiger partial charge in [-0.25, -0.2) is 0 Å². The zero-order valence-electron chi connectivity index (χ0n) is 7.48. The standard InChI is InChI=1S/C10H13NO/c1-7-3-4-9(12-2)8-5-6-11-10(7)8/h3-4,11H,5-6H2,1-2H3. The van der Waals surface area contributed by atoms with Crippen molar-refractivity contribution in [3.8, 4) is 5.75 Å². The second-order valence-corrected chi connectivity index (χ2v) is 3.12. The summed E-state index contributed by atoms with van der Waals surface area (Å²) in [5.41, 5.74) is 3.91. The molecule has 12 heavy (non-hydrogen) atoms. The molecule has 1 aromatic rings. The molecule has 0 spiro atoms. The van der Waals surface area contributed by atoms with E-state index < -0.39 is 0 Å². The topological polar surface area (TPSA) is 21.3 Å². The van der Waals surface area contributed by atoms with Crippen molar-refractivity contribution in [2.24, 2.45) is 0 Å². The van der Waals surface area contributed by atoms with E-state index in [0.717, 1.165) is 18.7 Å². The van der Waals surface area contributed by atoms with Crippen LogP contribution in [0.5, 0.6) is 5.75 Å². The van der Waals surface area contributed by atoms with Gasteiger partial charge in [-0.05, 0) is 25.0 Å². The molecule has 2 rings (SSSR count). The molecule has 0 fully saturated rings. The van der Waals surface area contributed by atoms with Gasteiger partial charge in [0.25, 0.3) is 0 Å². The second-order valence-electron chi connectivity index (χ2n) is 3.12. The Morgan fingerprint density at radius 1 is 1.42 bits per heavy atom. The van der Waals surface area contributed by atoms with Crippen molar-refractivity contribution in [2.75, 3.05) is 19.0 Å². The van der Waals surface area contributed by atoms with Crippen molar-refractivity contribution in [3.63, 3.8) is 0 Å². The third-order valence-corrected chi connectivity index (χ3v) is 2.37. The SMILES string of the molecule is COc1ccc(C)c2c1CCN2. The molecule has 1 aliphatic heterocycles. The van der Waals surface area contributed by atoms with E-state index in [1.54, 1.807) is 7.11 Å². The fraction of sp³-hybridized carbons (Fsp3) is 0.400. The normalized spacial score (nSPS) is 13.8. The molecule has 0 saturated carbocycles. The first-order valence-corrected chi connectivity index (χ1v) is 4.23. The summed E-state index contributed by atoms with van der Waals surface area (Å²) in [6.45, 7) is 3.16. The highest BCUT2D eigenvalue weighted by Crippen LogP contribution is 2.33. The average Bonchev–Trinajstić information content (AvgIpc) is 2.54. The first-order valence-electron chi connectivity index (χ1n) is 4.23. The molecule has 64 valence electrons. The van der Waals surface area contributed by atoms with Crippen LogP contribution in [0.15, 0.2) is 12.1 Å². The number of hydrogen-bond donors (Lipinski definition) is 1. The molecule has 1 aliphatic rings. The molecular formula is C10H13NO. The maximum Gasteiger partial charge on any atom is 0.124 e. The van der Waals surface area contributed by atoms with Crippen molar-refractivity contribution < 1.29 is 4.74 Å². The Labute approximate surface area is 72.5 Å². The zero-order chi connectivity index (χ0) is 8.55. The molecule has 0 atom stereocenters. The van der Waals surface area contributed by atoms with E-state index in [4.69, 9.17) is 4.74 Å². The number of aryl methyl sites for hydroxylation is 1. The summed E-state index contributed by atoms with van der Waals surface area (Å²) in [6, 6.07) is 4.14. The molecule has 1 heterocycles. The van der Waals surface area contributed by atoms with E-state index in [0.29, 0.717) is 0 Å². The van der Waals surface area contributed by atoms with Crippen molar-refractivity contribution in [3.05, 3.63) is 23.3 Å². The van der Waals surface area contributed by atoms with Crippen LogP contribution in [0, 0.1) is 6.92 Å². The quantitative estimate of drug-likeness (QED) is 0.683. The molecule has 0 aliphatic carbocycles. The van der Waals surface area contributed by atoms with Crippen molar-refractivity contribution in [1.82, 2.24) is 0 Å². The first kappa shape index (κ1) is 7.47. The molecule has 0 radical (unpaired) electrons. The number of anilines is 1. The van der Waals surface area contributed by atoms with Gasteiger partial charge in [-0.15, -0.1) is 0 Å². The van der Waals surface area contributed by atoms with Crippen LogP contribution in [0.4, 0.5) is 5.69 Å². The smallest absolute Gasteiger partial charge is 0.124 e. The lowest BCUT2D eigenvalue weighted by Crippen LogP contribution is -1.92. The zero-order valence-corrected chi connectivity index (χ0v) is 7.48. The molecule has 0 amide bonds. The van der Waals surface area contributed by atoms with Crippen molar-refractivity contribution in [1.29, 1.82) is 0 Å². The van der Waals surface area contributed by atoms with Crippen LogP contribution in [0.25, 0.3) is 0 Å². The summed E-state index contributed by atoms with van der Waals surface area (Å²) in [5, 5.41) is 3.36. The maximum absolute atomic E-state index is 5.27. The molecular weight excluding hydrogens is 150 g/mol. The number of fused-ring (bicyclic) bond motifs is 1. The fourth-order valence-electron chi connectivity index (χ4n) is 1.74. The van der Waals surface area contributed by atoms with Gasteiger partial charge in [0.15, 0.2) is 0 Å². The van der Waals surface area contributed by atoms with Gasteiger partial charge in [0, 0.05) is 17.8 Å². The van der Waals surface area contributed by atoms with E-state index in [-0.39, 0.29) is 0 Å². The third-order valence-electron chi connectivity index (χ3n) is 2.37. The minimum Gasteiger partial charge on any atom is -0.496 e. The van der Waals surface area contributed by atoms with Gasteiger partial charge in [0.05, 0.1) is 7.11 Å². The largest absolute Gasteiger partial charge is 0.496 e. The lowest BCUT2D eigenvalue weighted by Gasteiger charge is -2.08. The van der Waals surface area contributed by atoms with Crippen LogP contribution in [-0.4, -0.2) is 13.7 Å². The number of hydrogen-bond acceptors (Lipinski definition) is 2. The highest BCUT2D eigenvalue weighted by Gasteiger charge is 2.16. The summed E-state index contributed by atoms with van der Waals surface area (Å²) in [5.74, 6) is 1.01. The molecule has 2 nitrogen and oxygen atoms in total. The lowest BCUT2D eigenvalue weighted by molar-refractivity contribution is 0.411. The van der Waals surface area contributed by atoms with Gasteiger partial charge >= 0.3 is 0 Å². The predicted octanol–water partition coefficient (Wildman–Crippen LogP) is 1.97. The molecule has 0 bridgehead atoms. The molecule has 0 saturated heterocycles. The Hall–Kier alpha value is -1.18. The van der Waals surface area contributed by atoms with Crippen LogP contribution < -0.4 is 10.1 Å². The number of methoxy groups -OCH3 is 1. The van der Waals surface area contributed by atoms with Gasteiger partial charge in [-0.3, -0.25) is 0 Å². The Morgan fingerprint density at radius 3 is 3.00 bits per heavy atom. The number of nitrogens with one attached hydrogen (secondary N) is 1. The molecule has 0 aromatic heterocycles. The average molecular weight is 163 g/mol. The van der Waals surface area contributed by atoms with E-state index in [2.05, 4.69) is 18.3 Å². The van der Waals surface area contributed by atoms with Gasteiger partial charge in [0.1, 0.15) is 5.75 Å². The number of benzene rings is 1. The Balaban J connectivity index is 2.57. The van der Waals surface area contributed by atoms with Gasteiger partial charge < -0.3 is 10.1 Å². The molecule has 1 aromatic carbocycles. The predicted molar refractivity (Wildman–Crippen MR) is 49.9 cm³/mol. The minimum atomic E-state index is 1.01. The van der Waals surface area contributed by atoms with Gasteiger partial charge in [-0.2, -0.15) is 0 Å². The Kier molecular flexibility index (Phi) is 1.68. The maximum atomic E-state index is 5.27. The lowest BCUT2D eigenvalue weighted by atomic mass is 10.1. The molecule has 2 heteroatoms. The van der Waals surface area contributed by atoms with E-state index in [9.17, 15) is 0 Å². The van der Waals surface area contributed by atoms with Crippen molar-refractivity contribution >= 4 is 5.69 Å². The van der Waals surface area contributed by atoms with Crippen LogP contribution in [0.1, 0.15) is 11.1 Å². The van der Waals surface area contributed by atoms with Crippen LogP contribution in [0.2, 0.25) is 0 Å². The molecule has 0 unspecified atom stereocenters. The third kappa shape index (κ3) is 0.951. The Bertz CT molecular complexity index is 307. The summed E-state index contributed by atoms with van der Waals surface area (Å²) < 4.78 is 5.27. The second kappa shape index (κ2) is 2.70.